The summed E-state index contributed by atoms with van der Waals surface area (Å²) in [5, 5.41) is 3.98. The van der Waals surface area contributed by atoms with E-state index in [0.717, 1.165) is 5.56 Å². The first-order chi connectivity index (χ1) is 5.34. The first-order valence-electron chi connectivity index (χ1n) is 3.01. The number of oxime groups is 1. The van der Waals surface area contributed by atoms with E-state index in [1.807, 2.05) is 0 Å². The van der Waals surface area contributed by atoms with E-state index in [-0.39, 0.29) is 0 Å². The lowest BCUT2D eigenvalue weighted by atomic mass is 10.3. The third-order valence-corrected chi connectivity index (χ3v) is 1.40. The molecule has 0 amide bonds. The highest BCUT2D eigenvalue weighted by Crippen LogP contribution is 2.08. The quantitative estimate of drug-likeness (QED) is 0.385. The number of aromatic nitrogens is 1. The molecule has 1 rings (SSSR count). The number of hydrogen-bond acceptors (Lipinski definition) is 3. The summed E-state index contributed by atoms with van der Waals surface area (Å²) < 4.78 is 0. The van der Waals surface area contributed by atoms with Crippen molar-refractivity contribution in [2.45, 2.75) is 0 Å². The maximum absolute atomic E-state index is 5.70. The highest BCUT2D eigenvalue weighted by Gasteiger charge is 1.94. The van der Waals surface area contributed by atoms with Crippen molar-refractivity contribution in [2.75, 3.05) is 7.11 Å². The molecule has 0 aliphatic rings. The van der Waals surface area contributed by atoms with E-state index in [1.54, 1.807) is 18.3 Å². The third kappa shape index (κ3) is 2.20. The monoisotopic (exact) mass is 170 g/mol. The summed E-state index contributed by atoms with van der Waals surface area (Å²) in [4.78, 5) is 8.33. The van der Waals surface area contributed by atoms with Gasteiger partial charge < -0.3 is 4.84 Å². The van der Waals surface area contributed by atoms with Crippen LogP contribution in [-0.4, -0.2) is 18.3 Å². The zero-order valence-corrected chi connectivity index (χ0v) is 6.75. The molecule has 0 saturated heterocycles. The first kappa shape index (κ1) is 8.01. The standard InChI is InChI=1S/C7H7ClN2O/c1-11-10-5-6-3-2-4-9-7(6)8/h2-5H,1H3. The maximum atomic E-state index is 5.70. The smallest absolute Gasteiger partial charge is 0.137 e. The Hall–Kier alpha value is -1.09. The predicted molar refractivity (Wildman–Crippen MR) is 43.9 cm³/mol. The van der Waals surface area contributed by atoms with Crippen LogP contribution in [0.15, 0.2) is 23.5 Å². The van der Waals surface area contributed by atoms with E-state index in [0.29, 0.717) is 5.15 Å². The normalized spacial score (nSPS) is 10.4. The average molecular weight is 171 g/mol. The molecule has 11 heavy (non-hydrogen) atoms. The average Bonchev–Trinajstić information content (AvgIpc) is 2.03. The molecule has 0 aromatic carbocycles. The van der Waals surface area contributed by atoms with Gasteiger partial charge in [-0.05, 0) is 12.1 Å². The Kier molecular flexibility index (Phi) is 2.86. The number of halogens is 1. The summed E-state index contributed by atoms with van der Waals surface area (Å²) in [6.07, 6.45) is 3.13. The molecule has 0 fully saturated rings. The summed E-state index contributed by atoms with van der Waals surface area (Å²) in [6.45, 7) is 0. The lowest BCUT2D eigenvalue weighted by Gasteiger charge is -1.92. The third-order valence-electron chi connectivity index (χ3n) is 1.09. The Morgan fingerprint density at radius 1 is 1.73 bits per heavy atom. The fraction of sp³-hybridized carbons (Fsp3) is 0.143. The number of pyridine rings is 1. The minimum absolute atomic E-state index is 0.424. The highest BCUT2D eigenvalue weighted by molar-refractivity contribution is 6.31. The first-order valence-corrected chi connectivity index (χ1v) is 3.39. The summed E-state index contributed by atoms with van der Waals surface area (Å²) in [6, 6.07) is 3.58. The topological polar surface area (TPSA) is 34.5 Å². The Morgan fingerprint density at radius 3 is 3.18 bits per heavy atom. The van der Waals surface area contributed by atoms with Gasteiger partial charge in [0.1, 0.15) is 12.3 Å². The van der Waals surface area contributed by atoms with Crippen molar-refractivity contribution in [3.8, 4) is 0 Å². The fourth-order valence-electron chi connectivity index (χ4n) is 0.604. The van der Waals surface area contributed by atoms with Crippen LogP contribution < -0.4 is 0 Å². The second-order valence-electron chi connectivity index (χ2n) is 1.80. The van der Waals surface area contributed by atoms with E-state index < -0.39 is 0 Å². The van der Waals surface area contributed by atoms with E-state index in [2.05, 4.69) is 15.0 Å². The Bertz CT molecular complexity index is 262. The number of rotatable bonds is 2. The number of nitrogens with zero attached hydrogens (tertiary/aromatic N) is 2. The van der Waals surface area contributed by atoms with Crippen molar-refractivity contribution in [3.05, 3.63) is 29.0 Å². The van der Waals surface area contributed by atoms with Gasteiger partial charge in [-0.25, -0.2) is 4.98 Å². The molecule has 58 valence electrons. The maximum Gasteiger partial charge on any atom is 0.137 e. The lowest BCUT2D eigenvalue weighted by molar-refractivity contribution is 0.215. The SMILES string of the molecule is CON=Cc1cccnc1Cl. The van der Waals surface area contributed by atoms with Gasteiger partial charge in [0.2, 0.25) is 0 Å². The molecule has 4 heteroatoms. The summed E-state index contributed by atoms with van der Waals surface area (Å²) in [5.41, 5.74) is 0.746. The van der Waals surface area contributed by atoms with Gasteiger partial charge in [-0.1, -0.05) is 16.8 Å². The highest BCUT2D eigenvalue weighted by atomic mass is 35.5. The Morgan fingerprint density at radius 2 is 2.55 bits per heavy atom. The van der Waals surface area contributed by atoms with Gasteiger partial charge >= 0.3 is 0 Å². The second-order valence-corrected chi connectivity index (χ2v) is 2.16. The zero-order valence-electron chi connectivity index (χ0n) is 5.99. The lowest BCUT2D eigenvalue weighted by Crippen LogP contribution is -1.85. The van der Waals surface area contributed by atoms with Crippen molar-refractivity contribution in [2.24, 2.45) is 5.16 Å². The summed E-state index contributed by atoms with van der Waals surface area (Å²) >= 11 is 5.70. The van der Waals surface area contributed by atoms with Crippen LogP contribution >= 0.6 is 11.6 Å². The van der Waals surface area contributed by atoms with Crippen LogP contribution in [0.4, 0.5) is 0 Å². The largest absolute Gasteiger partial charge is 0.399 e. The fourth-order valence-corrected chi connectivity index (χ4v) is 0.772. The molecular formula is C7H7ClN2O. The summed E-state index contributed by atoms with van der Waals surface area (Å²) in [7, 11) is 1.47. The van der Waals surface area contributed by atoms with Crippen molar-refractivity contribution in [3.63, 3.8) is 0 Å². The summed E-state index contributed by atoms with van der Waals surface area (Å²) in [5.74, 6) is 0. The second kappa shape index (κ2) is 3.93. The molecule has 0 spiro atoms. The van der Waals surface area contributed by atoms with Crippen molar-refractivity contribution >= 4 is 17.8 Å². The van der Waals surface area contributed by atoms with Gasteiger partial charge in [0.15, 0.2) is 0 Å². The Labute approximate surface area is 69.6 Å². The van der Waals surface area contributed by atoms with Gasteiger partial charge in [-0.3, -0.25) is 0 Å². The van der Waals surface area contributed by atoms with Crippen molar-refractivity contribution < 1.29 is 4.84 Å². The molecule has 1 aromatic rings. The van der Waals surface area contributed by atoms with Gasteiger partial charge in [-0.15, -0.1) is 0 Å². The molecule has 0 N–H and O–H groups in total. The molecular weight excluding hydrogens is 164 g/mol. The van der Waals surface area contributed by atoms with E-state index in [9.17, 15) is 0 Å². The molecule has 3 nitrogen and oxygen atoms in total. The van der Waals surface area contributed by atoms with Gasteiger partial charge in [0.25, 0.3) is 0 Å². The van der Waals surface area contributed by atoms with E-state index in [1.165, 1.54) is 13.3 Å². The van der Waals surface area contributed by atoms with Crippen molar-refractivity contribution in [1.29, 1.82) is 0 Å². The predicted octanol–water partition coefficient (Wildman–Crippen LogP) is 1.72. The molecule has 0 bridgehead atoms. The molecule has 0 radical (unpaired) electrons. The van der Waals surface area contributed by atoms with Crippen LogP contribution in [0.25, 0.3) is 0 Å². The molecule has 1 aromatic heterocycles. The Balaban J connectivity index is 2.86. The van der Waals surface area contributed by atoms with Gasteiger partial charge in [0, 0.05) is 11.8 Å². The zero-order chi connectivity index (χ0) is 8.10. The van der Waals surface area contributed by atoms with Crippen LogP contribution in [-0.2, 0) is 4.84 Å². The van der Waals surface area contributed by atoms with Crippen LogP contribution in [0.5, 0.6) is 0 Å². The van der Waals surface area contributed by atoms with Crippen LogP contribution in [0.3, 0.4) is 0 Å². The molecule has 0 aliphatic carbocycles. The van der Waals surface area contributed by atoms with Crippen LogP contribution in [0, 0.1) is 0 Å². The minimum atomic E-state index is 0.424. The van der Waals surface area contributed by atoms with E-state index >= 15 is 0 Å². The van der Waals surface area contributed by atoms with Crippen LogP contribution in [0.1, 0.15) is 5.56 Å². The molecule has 0 aliphatic heterocycles. The van der Waals surface area contributed by atoms with Crippen LogP contribution in [0.2, 0.25) is 5.15 Å². The van der Waals surface area contributed by atoms with Gasteiger partial charge in [-0.2, -0.15) is 0 Å². The molecule has 0 unspecified atom stereocenters. The number of hydrogen-bond donors (Lipinski definition) is 0. The molecule has 0 atom stereocenters. The van der Waals surface area contributed by atoms with Crippen molar-refractivity contribution in [1.82, 2.24) is 4.98 Å². The van der Waals surface area contributed by atoms with Gasteiger partial charge in [0.05, 0.1) is 6.21 Å². The van der Waals surface area contributed by atoms with E-state index in [4.69, 9.17) is 11.6 Å². The molecule has 0 saturated carbocycles. The minimum Gasteiger partial charge on any atom is -0.399 e. The molecule has 1 heterocycles.